The van der Waals surface area contributed by atoms with Gasteiger partial charge in [0.1, 0.15) is 0 Å². The molecular formula is C21H23N3O4. The molecule has 2 aromatic rings. The van der Waals surface area contributed by atoms with Gasteiger partial charge in [0, 0.05) is 43.5 Å². The Balaban J connectivity index is 1.53. The van der Waals surface area contributed by atoms with Crippen LogP contribution in [0, 0.1) is 16.0 Å². The van der Waals surface area contributed by atoms with Crippen LogP contribution in [0.2, 0.25) is 0 Å². The highest BCUT2D eigenvalue weighted by Gasteiger charge is 2.48. The maximum Gasteiger partial charge on any atom is 0.269 e. The molecule has 1 saturated heterocycles. The summed E-state index contributed by atoms with van der Waals surface area (Å²) >= 11 is 0. The van der Waals surface area contributed by atoms with Crippen molar-refractivity contribution in [2.24, 2.45) is 5.92 Å². The number of morpholine rings is 1. The van der Waals surface area contributed by atoms with Gasteiger partial charge in [-0.3, -0.25) is 14.9 Å². The Morgan fingerprint density at radius 1 is 1.11 bits per heavy atom. The highest BCUT2D eigenvalue weighted by Crippen LogP contribution is 2.41. The van der Waals surface area contributed by atoms with Gasteiger partial charge in [-0.25, -0.2) is 0 Å². The molecule has 0 aromatic heterocycles. The van der Waals surface area contributed by atoms with Gasteiger partial charge in [-0.05, 0) is 24.1 Å². The number of hydrogen-bond donors (Lipinski definition) is 0. The predicted octanol–water partition coefficient (Wildman–Crippen LogP) is 2.85. The summed E-state index contributed by atoms with van der Waals surface area (Å²) in [7, 11) is 0. The molecule has 4 rings (SSSR count). The second kappa shape index (κ2) is 7.98. The molecule has 0 N–H and O–H groups in total. The number of nitro benzene ring substituents is 1. The maximum atomic E-state index is 12.9. The van der Waals surface area contributed by atoms with E-state index < -0.39 is 4.92 Å². The third-order valence-corrected chi connectivity index (χ3v) is 5.38. The van der Waals surface area contributed by atoms with Crippen molar-refractivity contribution in [3.05, 3.63) is 70.3 Å². The van der Waals surface area contributed by atoms with Crippen LogP contribution in [0.1, 0.15) is 12.0 Å². The lowest BCUT2D eigenvalue weighted by Crippen LogP contribution is -2.42. The summed E-state index contributed by atoms with van der Waals surface area (Å²) in [5.74, 6) is 0.158. The minimum absolute atomic E-state index is 0.0306. The summed E-state index contributed by atoms with van der Waals surface area (Å²) < 4.78 is 5.34. The Morgan fingerprint density at radius 2 is 1.79 bits per heavy atom. The number of hydrogen-bond acceptors (Lipinski definition) is 5. The van der Waals surface area contributed by atoms with Crippen molar-refractivity contribution in [3.8, 4) is 0 Å². The molecule has 1 saturated carbocycles. The number of carbonyl (C=O) groups is 1. The van der Waals surface area contributed by atoms with Crippen molar-refractivity contribution in [3.63, 3.8) is 0 Å². The molecule has 0 unspecified atom stereocenters. The maximum absolute atomic E-state index is 12.9. The first-order valence-electron chi connectivity index (χ1n) is 9.55. The quantitative estimate of drug-likeness (QED) is 0.568. The SMILES string of the molecule is O=C([C@@H]1C[C@H]1N(Cc1ccccc1)c1ccc([N+](=O)[O-])cc1)N1CCOCC1. The number of nitrogens with zero attached hydrogens (tertiary/aromatic N) is 3. The van der Waals surface area contributed by atoms with E-state index in [0.717, 1.165) is 17.7 Å². The van der Waals surface area contributed by atoms with E-state index >= 15 is 0 Å². The van der Waals surface area contributed by atoms with Crippen molar-refractivity contribution >= 4 is 17.3 Å². The summed E-state index contributed by atoms with van der Waals surface area (Å²) in [5, 5.41) is 11.0. The summed E-state index contributed by atoms with van der Waals surface area (Å²) in [6.07, 6.45) is 0.806. The lowest BCUT2D eigenvalue weighted by atomic mass is 10.1. The van der Waals surface area contributed by atoms with Crippen molar-refractivity contribution in [2.45, 2.75) is 19.0 Å². The first kappa shape index (κ1) is 18.4. The van der Waals surface area contributed by atoms with Crippen molar-refractivity contribution in [1.82, 2.24) is 4.90 Å². The van der Waals surface area contributed by atoms with E-state index in [1.54, 1.807) is 12.1 Å². The highest BCUT2D eigenvalue weighted by atomic mass is 16.6. The molecule has 1 aliphatic heterocycles. The third-order valence-electron chi connectivity index (χ3n) is 5.38. The van der Waals surface area contributed by atoms with E-state index in [1.165, 1.54) is 12.1 Å². The van der Waals surface area contributed by atoms with E-state index in [2.05, 4.69) is 17.0 Å². The zero-order valence-electron chi connectivity index (χ0n) is 15.6. The van der Waals surface area contributed by atoms with Gasteiger partial charge in [0.15, 0.2) is 0 Å². The minimum atomic E-state index is -0.396. The molecule has 7 heteroatoms. The van der Waals surface area contributed by atoms with Gasteiger partial charge in [0.05, 0.1) is 24.1 Å². The van der Waals surface area contributed by atoms with Gasteiger partial charge in [0.25, 0.3) is 5.69 Å². The van der Waals surface area contributed by atoms with Gasteiger partial charge in [-0.2, -0.15) is 0 Å². The van der Waals surface area contributed by atoms with Crippen molar-refractivity contribution in [1.29, 1.82) is 0 Å². The zero-order valence-corrected chi connectivity index (χ0v) is 15.6. The molecule has 2 fully saturated rings. The van der Waals surface area contributed by atoms with Crippen LogP contribution in [-0.4, -0.2) is 48.1 Å². The summed E-state index contributed by atoms with van der Waals surface area (Å²) in [5.41, 5.74) is 2.11. The molecule has 2 atom stereocenters. The summed E-state index contributed by atoms with van der Waals surface area (Å²) in [6, 6.07) is 16.8. The number of benzene rings is 2. The van der Waals surface area contributed by atoms with Gasteiger partial charge in [-0.15, -0.1) is 0 Å². The van der Waals surface area contributed by atoms with Crippen molar-refractivity contribution < 1.29 is 14.5 Å². The number of carbonyl (C=O) groups excluding carboxylic acids is 1. The molecule has 1 heterocycles. The largest absolute Gasteiger partial charge is 0.378 e. The second-order valence-corrected chi connectivity index (χ2v) is 7.23. The van der Waals surface area contributed by atoms with E-state index in [9.17, 15) is 14.9 Å². The van der Waals surface area contributed by atoms with Crippen LogP contribution in [0.4, 0.5) is 11.4 Å². The topological polar surface area (TPSA) is 75.9 Å². The van der Waals surface area contributed by atoms with Crippen LogP contribution in [0.15, 0.2) is 54.6 Å². The average molecular weight is 381 g/mol. The molecule has 28 heavy (non-hydrogen) atoms. The zero-order chi connectivity index (χ0) is 19.5. The Hall–Kier alpha value is -2.93. The molecule has 1 amide bonds. The van der Waals surface area contributed by atoms with E-state index in [-0.39, 0.29) is 23.6 Å². The Kier molecular flexibility index (Phi) is 5.25. The fourth-order valence-electron chi connectivity index (χ4n) is 3.76. The molecule has 146 valence electrons. The van der Waals surface area contributed by atoms with Crippen LogP contribution in [-0.2, 0) is 16.1 Å². The standard InChI is InChI=1S/C21H23N3O4/c25-21(22-10-12-28-13-11-22)19-14-20(19)23(15-16-4-2-1-3-5-16)17-6-8-18(9-7-17)24(26)27/h1-9,19-20H,10-15H2/t19-,20-/m1/s1. The van der Waals surface area contributed by atoms with E-state index in [1.807, 2.05) is 23.1 Å². The smallest absolute Gasteiger partial charge is 0.269 e. The fourth-order valence-corrected chi connectivity index (χ4v) is 3.76. The fraction of sp³-hybridized carbons (Fsp3) is 0.381. The summed E-state index contributed by atoms with van der Waals surface area (Å²) in [6.45, 7) is 3.16. The van der Waals surface area contributed by atoms with Crippen LogP contribution in [0.25, 0.3) is 0 Å². The molecule has 0 spiro atoms. The van der Waals surface area contributed by atoms with E-state index in [4.69, 9.17) is 4.74 Å². The molecule has 0 radical (unpaired) electrons. The van der Waals surface area contributed by atoms with Gasteiger partial charge < -0.3 is 14.5 Å². The molecule has 1 aliphatic carbocycles. The Morgan fingerprint density at radius 3 is 2.43 bits per heavy atom. The average Bonchev–Trinajstić information content (AvgIpc) is 3.53. The number of rotatable bonds is 6. The first-order valence-corrected chi connectivity index (χ1v) is 9.55. The molecule has 7 nitrogen and oxygen atoms in total. The monoisotopic (exact) mass is 381 g/mol. The van der Waals surface area contributed by atoms with Crippen molar-refractivity contribution in [2.75, 3.05) is 31.2 Å². The van der Waals surface area contributed by atoms with Gasteiger partial charge in [0.2, 0.25) is 5.91 Å². The normalized spacial score (nSPS) is 21.2. The Labute approximate surface area is 163 Å². The van der Waals surface area contributed by atoms with E-state index in [0.29, 0.717) is 32.8 Å². The number of ether oxygens (including phenoxy) is 1. The highest BCUT2D eigenvalue weighted by molar-refractivity contribution is 5.83. The number of nitro groups is 1. The number of non-ortho nitro benzene ring substituents is 1. The molecule has 2 aromatic carbocycles. The van der Waals surface area contributed by atoms with Crippen LogP contribution < -0.4 is 4.90 Å². The Bertz CT molecular complexity index is 834. The third kappa shape index (κ3) is 3.99. The molecular weight excluding hydrogens is 358 g/mol. The predicted molar refractivity (Wildman–Crippen MR) is 105 cm³/mol. The lowest BCUT2D eigenvalue weighted by molar-refractivity contribution is -0.384. The first-order chi connectivity index (χ1) is 13.6. The lowest BCUT2D eigenvalue weighted by Gasteiger charge is -2.29. The second-order valence-electron chi connectivity index (χ2n) is 7.23. The number of anilines is 1. The van der Waals surface area contributed by atoms with Gasteiger partial charge >= 0.3 is 0 Å². The molecule has 2 aliphatic rings. The van der Waals surface area contributed by atoms with Crippen LogP contribution >= 0.6 is 0 Å². The van der Waals surface area contributed by atoms with Gasteiger partial charge in [-0.1, -0.05) is 30.3 Å². The number of amides is 1. The minimum Gasteiger partial charge on any atom is -0.378 e. The van der Waals surface area contributed by atoms with Crippen LogP contribution in [0.3, 0.4) is 0 Å². The van der Waals surface area contributed by atoms with Crippen LogP contribution in [0.5, 0.6) is 0 Å². The summed E-state index contributed by atoms with van der Waals surface area (Å²) in [4.78, 5) is 27.5. The molecule has 0 bridgehead atoms.